The van der Waals surface area contributed by atoms with Gasteiger partial charge in [0.1, 0.15) is 5.75 Å². The van der Waals surface area contributed by atoms with Gasteiger partial charge in [0.15, 0.2) is 0 Å². The van der Waals surface area contributed by atoms with Crippen LogP contribution in [0, 0.1) is 0 Å². The molecule has 1 unspecified atom stereocenters. The summed E-state index contributed by atoms with van der Waals surface area (Å²) in [6.45, 7) is 8.52. The molecule has 0 radical (unpaired) electrons. The maximum Gasteiger partial charge on any atom is 0.137 e. The zero-order valence-corrected chi connectivity index (χ0v) is 13.4. The Hall–Kier alpha value is -0.0200. The van der Waals surface area contributed by atoms with Crippen LogP contribution >= 0.6 is 31.9 Å². The van der Waals surface area contributed by atoms with Crippen LogP contribution in [0.15, 0.2) is 21.1 Å². The van der Waals surface area contributed by atoms with E-state index in [1.54, 1.807) is 0 Å². The fraction of sp³-hybridized carbons (Fsp3) is 0.538. The molecule has 0 heterocycles. The van der Waals surface area contributed by atoms with Crippen molar-refractivity contribution in [3.63, 3.8) is 0 Å². The number of benzene rings is 1. The molecule has 16 heavy (non-hydrogen) atoms. The molecular formula is C13H18Br2O. The highest BCUT2D eigenvalue weighted by Crippen LogP contribution is 2.38. The topological polar surface area (TPSA) is 9.23 Å². The van der Waals surface area contributed by atoms with Crippen LogP contribution in [0.3, 0.4) is 0 Å². The summed E-state index contributed by atoms with van der Waals surface area (Å²) in [5.41, 5.74) is 1.26. The van der Waals surface area contributed by atoms with Crippen molar-refractivity contribution in [2.75, 3.05) is 0 Å². The molecule has 1 atom stereocenters. The van der Waals surface area contributed by atoms with E-state index in [4.69, 9.17) is 4.74 Å². The fourth-order valence-corrected chi connectivity index (χ4v) is 2.88. The van der Waals surface area contributed by atoms with Gasteiger partial charge >= 0.3 is 0 Å². The second-order valence-electron chi connectivity index (χ2n) is 4.28. The molecule has 0 aliphatic rings. The molecule has 1 nitrogen and oxygen atoms in total. The van der Waals surface area contributed by atoms with Crippen LogP contribution in [0.1, 0.15) is 45.6 Å². The molecule has 0 saturated heterocycles. The summed E-state index contributed by atoms with van der Waals surface area (Å²) in [4.78, 5) is 0. The third-order valence-electron chi connectivity index (χ3n) is 2.53. The van der Waals surface area contributed by atoms with Crippen LogP contribution in [0.2, 0.25) is 0 Å². The monoisotopic (exact) mass is 348 g/mol. The van der Waals surface area contributed by atoms with Crippen LogP contribution in [0.25, 0.3) is 0 Å². The van der Waals surface area contributed by atoms with Gasteiger partial charge in [0, 0.05) is 4.47 Å². The molecule has 0 amide bonds. The van der Waals surface area contributed by atoms with Crippen molar-refractivity contribution >= 4 is 31.9 Å². The van der Waals surface area contributed by atoms with E-state index in [1.807, 2.05) is 6.07 Å². The summed E-state index contributed by atoms with van der Waals surface area (Å²) in [7, 11) is 0. The van der Waals surface area contributed by atoms with E-state index >= 15 is 0 Å². The van der Waals surface area contributed by atoms with Crippen LogP contribution in [-0.2, 0) is 0 Å². The van der Waals surface area contributed by atoms with Gasteiger partial charge in [0.2, 0.25) is 0 Å². The normalized spacial score (nSPS) is 12.9. The van der Waals surface area contributed by atoms with Crippen LogP contribution in [-0.4, -0.2) is 6.10 Å². The van der Waals surface area contributed by atoms with Crippen molar-refractivity contribution < 1.29 is 4.74 Å². The van der Waals surface area contributed by atoms with Crippen molar-refractivity contribution in [2.45, 2.75) is 46.1 Å². The highest BCUT2D eigenvalue weighted by atomic mass is 79.9. The lowest BCUT2D eigenvalue weighted by molar-refractivity contribution is 0.237. The summed E-state index contributed by atoms with van der Waals surface area (Å²) in [6.07, 6.45) is 1.30. The Bertz CT molecular complexity index is 361. The highest BCUT2D eigenvalue weighted by molar-refractivity contribution is 9.11. The minimum Gasteiger partial charge on any atom is -0.490 e. The van der Waals surface area contributed by atoms with Crippen molar-refractivity contribution in [2.24, 2.45) is 0 Å². The van der Waals surface area contributed by atoms with Crippen molar-refractivity contribution in [1.82, 2.24) is 0 Å². The smallest absolute Gasteiger partial charge is 0.137 e. The van der Waals surface area contributed by atoms with E-state index in [0.717, 1.165) is 21.1 Å². The van der Waals surface area contributed by atoms with Gasteiger partial charge < -0.3 is 4.74 Å². The summed E-state index contributed by atoms with van der Waals surface area (Å²) >= 11 is 7.09. The van der Waals surface area contributed by atoms with E-state index in [0.29, 0.717) is 5.92 Å². The summed E-state index contributed by atoms with van der Waals surface area (Å²) in [6, 6.07) is 4.18. The van der Waals surface area contributed by atoms with Gasteiger partial charge in [-0.25, -0.2) is 0 Å². The van der Waals surface area contributed by atoms with Gasteiger partial charge in [-0.15, -0.1) is 0 Å². The quantitative estimate of drug-likeness (QED) is 0.696. The van der Waals surface area contributed by atoms with E-state index in [9.17, 15) is 0 Å². The molecular weight excluding hydrogens is 332 g/mol. The summed E-state index contributed by atoms with van der Waals surface area (Å²) in [5.74, 6) is 1.48. The average molecular weight is 350 g/mol. The maximum atomic E-state index is 5.89. The van der Waals surface area contributed by atoms with Gasteiger partial charge in [0.05, 0.1) is 10.6 Å². The third-order valence-corrected chi connectivity index (χ3v) is 3.58. The Morgan fingerprint density at radius 1 is 1.19 bits per heavy atom. The molecule has 0 bridgehead atoms. The Kier molecular flexibility index (Phi) is 5.32. The Morgan fingerprint density at radius 2 is 1.81 bits per heavy atom. The average Bonchev–Trinajstić information content (AvgIpc) is 2.20. The first-order valence-corrected chi connectivity index (χ1v) is 7.19. The molecule has 0 aliphatic heterocycles. The number of rotatable bonds is 4. The van der Waals surface area contributed by atoms with E-state index in [2.05, 4.69) is 65.6 Å². The third kappa shape index (κ3) is 3.49. The Labute approximate surface area is 115 Å². The molecule has 0 spiro atoms. The van der Waals surface area contributed by atoms with E-state index in [1.165, 1.54) is 5.56 Å². The molecule has 0 saturated carbocycles. The zero-order chi connectivity index (χ0) is 12.3. The molecule has 1 aromatic carbocycles. The molecule has 0 fully saturated rings. The van der Waals surface area contributed by atoms with Crippen LogP contribution in [0.5, 0.6) is 5.75 Å². The van der Waals surface area contributed by atoms with Crippen molar-refractivity contribution in [1.29, 1.82) is 0 Å². The molecule has 0 aromatic heterocycles. The summed E-state index contributed by atoms with van der Waals surface area (Å²) in [5, 5.41) is 0. The first-order chi connectivity index (χ1) is 7.45. The largest absolute Gasteiger partial charge is 0.490 e. The molecule has 3 heteroatoms. The number of hydrogen-bond donors (Lipinski definition) is 0. The second kappa shape index (κ2) is 6.06. The lowest BCUT2D eigenvalue weighted by Gasteiger charge is -2.19. The van der Waals surface area contributed by atoms with Gasteiger partial charge in [-0.1, -0.05) is 29.8 Å². The number of halogens is 2. The lowest BCUT2D eigenvalue weighted by Crippen LogP contribution is -2.09. The minimum atomic E-state index is 0.195. The Balaban J connectivity index is 3.20. The van der Waals surface area contributed by atoms with E-state index < -0.39 is 0 Å². The van der Waals surface area contributed by atoms with Crippen LogP contribution in [0.4, 0.5) is 0 Å². The minimum absolute atomic E-state index is 0.195. The maximum absolute atomic E-state index is 5.89. The van der Waals surface area contributed by atoms with Crippen molar-refractivity contribution in [3.05, 3.63) is 26.6 Å². The molecule has 0 N–H and O–H groups in total. The highest BCUT2D eigenvalue weighted by Gasteiger charge is 2.15. The second-order valence-corrected chi connectivity index (χ2v) is 6.05. The molecule has 1 aromatic rings. The van der Waals surface area contributed by atoms with Gasteiger partial charge in [0.25, 0.3) is 0 Å². The number of hydrogen-bond acceptors (Lipinski definition) is 1. The molecule has 1 rings (SSSR count). The standard InChI is InChI=1S/C13H18Br2O/c1-5-9(4)11-6-10(14)7-12(15)13(11)16-8(2)3/h6-9H,5H2,1-4H3. The van der Waals surface area contributed by atoms with Gasteiger partial charge in [-0.2, -0.15) is 0 Å². The Morgan fingerprint density at radius 3 is 2.31 bits per heavy atom. The van der Waals surface area contributed by atoms with E-state index in [-0.39, 0.29) is 6.10 Å². The van der Waals surface area contributed by atoms with Gasteiger partial charge in [-0.3, -0.25) is 0 Å². The zero-order valence-electron chi connectivity index (χ0n) is 10.2. The first-order valence-electron chi connectivity index (χ1n) is 5.61. The van der Waals surface area contributed by atoms with Crippen LogP contribution < -0.4 is 4.74 Å². The van der Waals surface area contributed by atoms with Crippen molar-refractivity contribution in [3.8, 4) is 5.75 Å². The first kappa shape index (κ1) is 14.0. The SMILES string of the molecule is CCC(C)c1cc(Br)cc(Br)c1OC(C)C. The number of ether oxygens (including phenoxy) is 1. The predicted molar refractivity (Wildman–Crippen MR) is 76.3 cm³/mol. The molecule has 90 valence electrons. The fourth-order valence-electron chi connectivity index (χ4n) is 1.53. The molecule has 0 aliphatic carbocycles. The summed E-state index contributed by atoms with van der Waals surface area (Å²) < 4.78 is 7.99. The lowest BCUT2D eigenvalue weighted by atomic mass is 9.98. The van der Waals surface area contributed by atoms with Gasteiger partial charge in [-0.05, 0) is 59.8 Å². The predicted octanol–water partition coefficient (Wildman–Crippen LogP) is 5.51.